The molecule has 8 nitrogen and oxygen atoms in total. The number of hydrogen-bond acceptors (Lipinski definition) is 4. The Morgan fingerprint density at radius 3 is 2.20 bits per heavy atom. The summed E-state index contributed by atoms with van der Waals surface area (Å²) in [6.07, 6.45) is -4.03. The van der Waals surface area contributed by atoms with Crippen molar-refractivity contribution >= 4 is 35.0 Å². The molecule has 0 radical (unpaired) electrons. The van der Waals surface area contributed by atoms with Gasteiger partial charge in [0.15, 0.2) is 0 Å². The quantitative estimate of drug-likeness (QED) is 0.440. The maximum absolute atomic E-state index is 13.4. The molecule has 13 heteroatoms. The molecule has 1 aromatic carbocycles. The fourth-order valence-electron chi connectivity index (χ4n) is 3.61. The number of hydrogen-bond donors (Lipinski definition) is 2. The minimum Gasteiger partial charge on any atom is -0.349 e. The zero-order valence-corrected chi connectivity index (χ0v) is 19.0. The zero-order valence-electron chi connectivity index (χ0n) is 19.0. The number of nitrogens with one attached hydrogen (secondary N) is 2. The van der Waals surface area contributed by atoms with E-state index < -0.39 is 54.2 Å². The minimum atomic E-state index is -5.87. The molecule has 35 heavy (non-hydrogen) atoms. The van der Waals surface area contributed by atoms with Crippen LogP contribution in [-0.2, 0) is 19.2 Å². The highest BCUT2D eigenvalue weighted by Gasteiger charge is 2.57. The Morgan fingerprint density at radius 2 is 1.66 bits per heavy atom. The molecule has 2 aliphatic rings. The Morgan fingerprint density at radius 1 is 1.06 bits per heavy atom. The van der Waals surface area contributed by atoms with Gasteiger partial charge in [-0.05, 0) is 37.8 Å². The van der Waals surface area contributed by atoms with Crippen LogP contribution in [0, 0.1) is 11.8 Å². The normalized spacial score (nSPS) is 19.5. The van der Waals surface area contributed by atoms with Gasteiger partial charge in [0.2, 0.25) is 17.7 Å². The lowest BCUT2D eigenvalue weighted by atomic mass is 10.1. The number of alkyl halides is 5. The van der Waals surface area contributed by atoms with Crippen LogP contribution in [0.5, 0.6) is 0 Å². The Kier molecular flexibility index (Phi) is 7.37. The van der Waals surface area contributed by atoms with Crippen LogP contribution in [-0.4, -0.2) is 61.4 Å². The molecular weight excluding hydrogens is 479 g/mol. The second kappa shape index (κ2) is 9.78. The van der Waals surface area contributed by atoms with Gasteiger partial charge in [0.05, 0.1) is 24.5 Å². The molecule has 1 aliphatic heterocycles. The van der Waals surface area contributed by atoms with Crippen molar-refractivity contribution < 1.29 is 41.1 Å². The van der Waals surface area contributed by atoms with Crippen LogP contribution in [0.15, 0.2) is 24.3 Å². The molecule has 0 bridgehead atoms. The van der Waals surface area contributed by atoms with Crippen molar-refractivity contribution in [2.75, 3.05) is 29.4 Å². The van der Waals surface area contributed by atoms with E-state index in [1.54, 1.807) is 24.3 Å². The van der Waals surface area contributed by atoms with E-state index in [1.807, 2.05) is 0 Å². The number of benzene rings is 1. The summed E-state index contributed by atoms with van der Waals surface area (Å²) in [4.78, 5) is 53.3. The molecule has 0 aromatic heterocycles. The van der Waals surface area contributed by atoms with Crippen molar-refractivity contribution in [3.8, 4) is 0 Å². The van der Waals surface area contributed by atoms with Crippen LogP contribution in [0.2, 0.25) is 0 Å². The highest BCUT2D eigenvalue weighted by atomic mass is 19.4. The van der Waals surface area contributed by atoms with Crippen molar-refractivity contribution in [3.63, 3.8) is 0 Å². The molecule has 1 unspecified atom stereocenters. The lowest BCUT2D eigenvalue weighted by molar-refractivity contribution is -0.278. The molecule has 0 saturated heterocycles. The van der Waals surface area contributed by atoms with Gasteiger partial charge in [0, 0.05) is 13.5 Å². The molecule has 192 valence electrons. The highest BCUT2D eigenvalue weighted by molar-refractivity contribution is 6.09. The second-order valence-corrected chi connectivity index (χ2v) is 8.71. The summed E-state index contributed by atoms with van der Waals surface area (Å²) in [5.41, 5.74) is 0.947. The first-order valence-corrected chi connectivity index (χ1v) is 10.9. The largest absolute Gasteiger partial charge is 0.455 e. The Balaban J connectivity index is 1.77. The van der Waals surface area contributed by atoms with Crippen molar-refractivity contribution in [3.05, 3.63) is 24.3 Å². The van der Waals surface area contributed by atoms with Crippen LogP contribution in [0.4, 0.5) is 33.3 Å². The number of para-hydroxylation sites is 2. The zero-order chi connectivity index (χ0) is 26.1. The van der Waals surface area contributed by atoms with E-state index in [1.165, 1.54) is 22.0 Å². The summed E-state index contributed by atoms with van der Waals surface area (Å²) in [6.45, 7) is 0.373. The summed E-state index contributed by atoms with van der Waals surface area (Å²) < 4.78 is 63.2. The van der Waals surface area contributed by atoms with Gasteiger partial charge in [-0.1, -0.05) is 12.1 Å². The third-order valence-electron chi connectivity index (χ3n) is 5.91. The highest BCUT2D eigenvalue weighted by Crippen LogP contribution is 2.37. The fourth-order valence-corrected chi connectivity index (χ4v) is 3.61. The Bertz CT molecular complexity index is 1010. The Hall–Kier alpha value is -3.25. The molecule has 1 saturated carbocycles. The van der Waals surface area contributed by atoms with E-state index in [4.69, 9.17) is 0 Å². The first-order valence-electron chi connectivity index (χ1n) is 10.9. The van der Waals surface area contributed by atoms with Gasteiger partial charge in [0.25, 0.3) is 5.91 Å². The topological polar surface area (TPSA) is 98.8 Å². The summed E-state index contributed by atoms with van der Waals surface area (Å²) in [7, 11) is 0. The number of anilines is 2. The van der Waals surface area contributed by atoms with Gasteiger partial charge in [0.1, 0.15) is 12.0 Å². The van der Waals surface area contributed by atoms with E-state index in [9.17, 15) is 41.1 Å². The van der Waals surface area contributed by atoms with Gasteiger partial charge in [-0.3, -0.25) is 19.2 Å². The standard InChI is InChI=1S/C22H25F5N4O4/c1-12(18(33)28-11-21(23,24)22(25,26)27)19(34)29-15-10-30(13(2)32)16-5-3-4-6-17(16)31(20(15)35)9-14-7-8-14/h3-6,12,14-15H,7-11H2,1-2H3,(H,28,33)(H,29,34)/t12?,15-/m0/s1. The average Bonchev–Trinajstić information content (AvgIpc) is 3.61. The molecule has 1 aromatic rings. The van der Waals surface area contributed by atoms with Crippen LogP contribution in [0.25, 0.3) is 0 Å². The first kappa shape index (κ1) is 26.4. The number of halogens is 5. The number of carbonyl (C=O) groups excluding carboxylic acids is 4. The second-order valence-electron chi connectivity index (χ2n) is 8.71. The number of fused-ring (bicyclic) bond motifs is 1. The summed E-state index contributed by atoms with van der Waals surface area (Å²) in [5, 5.41) is 3.79. The van der Waals surface area contributed by atoms with Gasteiger partial charge < -0.3 is 20.4 Å². The minimum absolute atomic E-state index is 0.251. The smallest absolute Gasteiger partial charge is 0.349 e. The van der Waals surface area contributed by atoms with E-state index in [2.05, 4.69) is 5.32 Å². The Labute approximate surface area is 197 Å². The maximum Gasteiger partial charge on any atom is 0.455 e. The molecule has 1 aliphatic carbocycles. The van der Waals surface area contributed by atoms with E-state index >= 15 is 0 Å². The monoisotopic (exact) mass is 504 g/mol. The summed E-state index contributed by atoms with van der Waals surface area (Å²) in [6, 6.07) is 5.45. The van der Waals surface area contributed by atoms with Crippen LogP contribution in [0.1, 0.15) is 26.7 Å². The third-order valence-corrected chi connectivity index (χ3v) is 5.91. The molecule has 3 rings (SSSR count). The molecule has 1 heterocycles. The molecule has 4 amide bonds. The van der Waals surface area contributed by atoms with Crippen LogP contribution in [0.3, 0.4) is 0 Å². The molecule has 2 N–H and O–H groups in total. The molecular formula is C22H25F5N4O4. The van der Waals surface area contributed by atoms with Crippen molar-refractivity contribution in [1.29, 1.82) is 0 Å². The van der Waals surface area contributed by atoms with Gasteiger partial charge in [-0.25, -0.2) is 0 Å². The lowest BCUT2D eigenvalue weighted by Crippen LogP contribution is -2.55. The van der Waals surface area contributed by atoms with E-state index in [0.717, 1.165) is 19.8 Å². The lowest BCUT2D eigenvalue weighted by Gasteiger charge is -2.26. The van der Waals surface area contributed by atoms with Crippen molar-refractivity contribution in [1.82, 2.24) is 10.6 Å². The number of nitrogens with zero attached hydrogens (tertiary/aromatic N) is 2. The predicted octanol–water partition coefficient (Wildman–Crippen LogP) is 2.23. The number of amides is 4. The third kappa shape index (κ3) is 5.88. The van der Waals surface area contributed by atoms with E-state index in [0.29, 0.717) is 17.9 Å². The van der Waals surface area contributed by atoms with Crippen molar-refractivity contribution in [2.45, 2.75) is 44.8 Å². The van der Waals surface area contributed by atoms with Crippen LogP contribution < -0.4 is 20.4 Å². The summed E-state index contributed by atoms with van der Waals surface area (Å²) in [5.74, 6) is -9.96. The molecule has 1 fully saturated rings. The maximum atomic E-state index is 13.4. The molecule has 0 spiro atoms. The molecule has 2 atom stereocenters. The predicted molar refractivity (Wildman–Crippen MR) is 115 cm³/mol. The van der Waals surface area contributed by atoms with Gasteiger partial charge >= 0.3 is 12.1 Å². The average molecular weight is 504 g/mol. The summed E-state index contributed by atoms with van der Waals surface area (Å²) >= 11 is 0. The van der Waals surface area contributed by atoms with Crippen molar-refractivity contribution in [2.24, 2.45) is 11.8 Å². The SMILES string of the molecule is CC(=O)N1C[C@H](NC(=O)C(C)C(=O)NCC(F)(F)C(F)(F)F)C(=O)N(CC2CC2)c2ccccc21. The number of rotatable bonds is 7. The van der Waals surface area contributed by atoms with Gasteiger partial charge in [-0.15, -0.1) is 0 Å². The van der Waals surface area contributed by atoms with Gasteiger partial charge in [-0.2, -0.15) is 22.0 Å². The van der Waals surface area contributed by atoms with E-state index in [-0.39, 0.29) is 12.5 Å². The van der Waals surface area contributed by atoms with Crippen LogP contribution >= 0.6 is 0 Å². The fraction of sp³-hybridized carbons (Fsp3) is 0.545. The first-order chi connectivity index (χ1) is 16.2. The number of carbonyl (C=O) groups is 4.